The summed E-state index contributed by atoms with van der Waals surface area (Å²) in [4.78, 5) is 23.5. The molecule has 0 unspecified atom stereocenters. The fraction of sp³-hybridized carbons (Fsp3) is 0.333. The summed E-state index contributed by atoms with van der Waals surface area (Å²) in [7, 11) is 1.58. The Labute approximate surface area is 159 Å². The van der Waals surface area contributed by atoms with Crippen LogP contribution in [0.15, 0.2) is 48.5 Å². The Morgan fingerprint density at radius 1 is 1.00 bits per heavy atom. The highest BCUT2D eigenvalue weighted by Gasteiger charge is 2.09. The first-order chi connectivity index (χ1) is 13.0. The molecule has 27 heavy (non-hydrogen) atoms. The maximum Gasteiger partial charge on any atom is 0.344 e. The first kappa shape index (κ1) is 20.3. The van der Waals surface area contributed by atoms with Crippen molar-refractivity contribution in [2.75, 3.05) is 20.3 Å². The number of hydrogen-bond donors (Lipinski definition) is 1. The molecule has 0 fully saturated rings. The van der Waals surface area contributed by atoms with Gasteiger partial charge in [0.05, 0.1) is 7.11 Å². The zero-order valence-electron chi connectivity index (χ0n) is 15.9. The van der Waals surface area contributed by atoms with Crippen molar-refractivity contribution in [1.82, 2.24) is 5.32 Å². The number of carbonyl (C=O) groups excluding carboxylic acids is 2. The molecule has 0 saturated heterocycles. The second kappa shape index (κ2) is 10.2. The van der Waals surface area contributed by atoms with E-state index in [-0.39, 0.29) is 19.1 Å². The monoisotopic (exact) mass is 371 g/mol. The second-order valence-corrected chi connectivity index (χ2v) is 6.30. The van der Waals surface area contributed by atoms with Gasteiger partial charge in [0.2, 0.25) is 0 Å². The Morgan fingerprint density at radius 2 is 1.74 bits per heavy atom. The lowest BCUT2D eigenvalue weighted by atomic mass is 10.0. The Balaban J connectivity index is 1.67. The van der Waals surface area contributed by atoms with Gasteiger partial charge in [-0.3, -0.25) is 4.79 Å². The number of benzene rings is 2. The molecule has 0 spiro atoms. The van der Waals surface area contributed by atoms with Crippen molar-refractivity contribution >= 4 is 11.9 Å². The third kappa shape index (κ3) is 7.01. The number of carbonyl (C=O) groups is 2. The van der Waals surface area contributed by atoms with E-state index in [0.717, 1.165) is 5.56 Å². The van der Waals surface area contributed by atoms with Crippen molar-refractivity contribution in [2.45, 2.75) is 26.3 Å². The summed E-state index contributed by atoms with van der Waals surface area (Å²) in [5.74, 6) is 0.747. The van der Waals surface area contributed by atoms with Crippen molar-refractivity contribution < 1.29 is 23.8 Å². The van der Waals surface area contributed by atoms with Crippen LogP contribution in [0.5, 0.6) is 11.5 Å². The van der Waals surface area contributed by atoms with Crippen LogP contribution in [0.4, 0.5) is 0 Å². The van der Waals surface area contributed by atoms with Crippen molar-refractivity contribution in [1.29, 1.82) is 0 Å². The highest BCUT2D eigenvalue weighted by Crippen LogP contribution is 2.18. The van der Waals surface area contributed by atoms with Gasteiger partial charge in [-0.05, 0) is 41.3 Å². The molecule has 2 aromatic carbocycles. The lowest BCUT2D eigenvalue weighted by Crippen LogP contribution is -2.29. The maximum atomic E-state index is 11.8. The van der Waals surface area contributed by atoms with E-state index < -0.39 is 5.97 Å². The first-order valence-corrected chi connectivity index (χ1v) is 8.76. The predicted octanol–water partition coefficient (Wildman–Crippen LogP) is 3.06. The van der Waals surface area contributed by atoms with E-state index in [0.29, 0.717) is 24.0 Å². The molecule has 2 rings (SSSR count). The smallest absolute Gasteiger partial charge is 0.344 e. The molecule has 0 aliphatic carbocycles. The van der Waals surface area contributed by atoms with Crippen LogP contribution < -0.4 is 14.8 Å². The molecule has 0 heterocycles. The number of amides is 1. The summed E-state index contributed by atoms with van der Waals surface area (Å²) >= 11 is 0. The lowest BCUT2D eigenvalue weighted by Gasteiger charge is -2.10. The summed E-state index contributed by atoms with van der Waals surface area (Å²) in [5.41, 5.74) is 2.08. The van der Waals surface area contributed by atoms with E-state index in [2.05, 4.69) is 19.2 Å². The molecule has 0 aliphatic rings. The standard InChI is InChI=1S/C21H25NO5/c1-15(2)17-7-9-18(10-8-17)26-14-21(24)27-13-20(23)22-12-16-5-4-6-19(11-16)25-3/h4-11,15H,12-14H2,1-3H3,(H,22,23). The predicted molar refractivity (Wildman–Crippen MR) is 102 cm³/mol. The molecule has 6 nitrogen and oxygen atoms in total. The van der Waals surface area contributed by atoms with Crippen LogP contribution >= 0.6 is 0 Å². The third-order valence-electron chi connectivity index (χ3n) is 3.89. The lowest BCUT2D eigenvalue weighted by molar-refractivity contribution is -0.150. The first-order valence-electron chi connectivity index (χ1n) is 8.76. The normalized spacial score (nSPS) is 10.4. The minimum absolute atomic E-state index is 0.246. The molecule has 2 aromatic rings. The molecule has 0 saturated carbocycles. The number of rotatable bonds is 9. The minimum atomic E-state index is -0.598. The van der Waals surface area contributed by atoms with Crippen LogP contribution in [0, 0.1) is 0 Å². The van der Waals surface area contributed by atoms with Gasteiger partial charge in [-0.1, -0.05) is 38.1 Å². The van der Waals surface area contributed by atoms with Crippen LogP contribution in [0.25, 0.3) is 0 Å². The van der Waals surface area contributed by atoms with E-state index >= 15 is 0 Å². The quantitative estimate of drug-likeness (QED) is 0.686. The average molecular weight is 371 g/mol. The van der Waals surface area contributed by atoms with Crippen LogP contribution in [-0.4, -0.2) is 32.2 Å². The molecule has 0 aromatic heterocycles. The van der Waals surface area contributed by atoms with Gasteiger partial charge in [-0.15, -0.1) is 0 Å². The van der Waals surface area contributed by atoms with E-state index in [1.165, 1.54) is 5.56 Å². The molecule has 1 amide bonds. The maximum absolute atomic E-state index is 11.8. The molecule has 0 radical (unpaired) electrons. The van der Waals surface area contributed by atoms with Gasteiger partial charge in [0.25, 0.3) is 5.91 Å². The minimum Gasteiger partial charge on any atom is -0.497 e. The highest BCUT2D eigenvalue weighted by atomic mass is 16.6. The molecule has 144 valence electrons. The summed E-state index contributed by atoms with van der Waals surface area (Å²) in [6.45, 7) is 3.94. The summed E-state index contributed by atoms with van der Waals surface area (Å²) in [6, 6.07) is 14.9. The topological polar surface area (TPSA) is 73.9 Å². The van der Waals surface area contributed by atoms with Gasteiger partial charge < -0.3 is 19.5 Å². The van der Waals surface area contributed by atoms with E-state index in [9.17, 15) is 9.59 Å². The molecule has 1 N–H and O–H groups in total. The number of hydrogen-bond acceptors (Lipinski definition) is 5. The number of esters is 1. The number of methoxy groups -OCH3 is 1. The van der Waals surface area contributed by atoms with Crippen LogP contribution in [-0.2, 0) is 20.9 Å². The van der Waals surface area contributed by atoms with Crippen LogP contribution in [0.3, 0.4) is 0 Å². The van der Waals surface area contributed by atoms with Crippen molar-refractivity contribution in [3.05, 3.63) is 59.7 Å². The Kier molecular flexibility index (Phi) is 7.67. The van der Waals surface area contributed by atoms with Crippen molar-refractivity contribution in [3.8, 4) is 11.5 Å². The van der Waals surface area contributed by atoms with E-state index in [1.54, 1.807) is 7.11 Å². The van der Waals surface area contributed by atoms with Gasteiger partial charge in [-0.2, -0.15) is 0 Å². The number of nitrogens with one attached hydrogen (secondary N) is 1. The zero-order valence-corrected chi connectivity index (χ0v) is 15.9. The van der Waals surface area contributed by atoms with Crippen molar-refractivity contribution in [2.24, 2.45) is 0 Å². The van der Waals surface area contributed by atoms with Gasteiger partial charge in [0, 0.05) is 6.54 Å². The van der Waals surface area contributed by atoms with Gasteiger partial charge in [-0.25, -0.2) is 4.79 Å². The molecule has 0 aliphatic heterocycles. The van der Waals surface area contributed by atoms with Gasteiger partial charge in [0.1, 0.15) is 11.5 Å². The Bertz CT molecular complexity index is 755. The Morgan fingerprint density at radius 3 is 2.41 bits per heavy atom. The summed E-state index contributed by atoms with van der Waals surface area (Å²) in [6.07, 6.45) is 0. The third-order valence-corrected chi connectivity index (χ3v) is 3.89. The van der Waals surface area contributed by atoms with E-state index in [1.807, 2.05) is 48.5 Å². The molecular formula is C21H25NO5. The SMILES string of the molecule is COc1cccc(CNC(=O)COC(=O)COc2ccc(C(C)C)cc2)c1. The average Bonchev–Trinajstić information content (AvgIpc) is 2.69. The zero-order chi connectivity index (χ0) is 19.6. The van der Waals surface area contributed by atoms with E-state index in [4.69, 9.17) is 14.2 Å². The number of ether oxygens (including phenoxy) is 3. The Hall–Kier alpha value is -3.02. The van der Waals surface area contributed by atoms with Gasteiger partial charge in [0.15, 0.2) is 13.2 Å². The second-order valence-electron chi connectivity index (χ2n) is 6.30. The fourth-order valence-corrected chi connectivity index (χ4v) is 2.31. The fourth-order valence-electron chi connectivity index (χ4n) is 2.31. The largest absolute Gasteiger partial charge is 0.497 e. The summed E-state index contributed by atoms with van der Waals surface area (Å²) in [5, 5.41) is 2.68. The molecular weight excluding hydrogens is 346 g/mol. The highest BCUT2D eigenvalue weighted by molar-refractivity contribution is 5.80. The molecule has 0 atom stereocenters. The van der Waals surface area contributed by atoms with Crippen LogP contribution in [0.2, 0.25) is 0 Å². The van der Waals surface area contributed by atoms with Crippen LogP contribution in [0.1, 0.15) is 30.9 Å². The van der Waals surface area contributed by atoms with Crippen molar-refractivity contribution in [3.63, 3.8) is 0 Å². The summed E-state index contributed by atoms with van der Waals surface area (Å²) < 4.78 is 15.4. The van der Waals surface area contributed by atoms with Gasteiger partial charge >= 0.3 is 5.97 Å². The molecule has 0 bridgehead atoms. The molecule has 6 heteroatoms.